The highest BCUT2D eigenvalue weighted by molar-refractivity contribution is 6.59. The molecule has 0 aliphatic carbocycles. The number of aromatic nitrogens is 3. The monoisotopic (exact) mass is 245 g/mol. The molecule has 7 heteroatoms. The molecule has 0 atom stereocenters. The fourth-order valence-corrected chi connectivity index (χ4v) is 3.85. The maximum atomic E-state index is 5.69. The molecule has 0 amide bonds. The zero-order valence-corrected chi connectivity index (χ0v) is 11.0. The van der Waals surface area contributed by atoms with Gasteiger partial charge in [0.15, 0.2) is 0 Å². The molecule has 6 nitrogen and oxygen atoms in total. The van der Waals surface area contributed by atoms with Gasteiger partial charge in [0, 0.05) is 26.0 Å². The highest BCUT2D eigenvalue weighted by atomic mass is 28.4. The summed E-state index contributed by atoms with van der Waals surface area (Å²) in [5, 5.41) is 7.66. The molecule has 0 spiro atoms. The first-order valence-electron chi connectivity index (χ1n) is 5.52. The maximum Gasteiger partial charge on any atom is 0.523 e. The Morgan fingerprint density at radius 2 is 1.62 bits per heavy atom. The van der Waals surface area contributed by atoms with Gasteiger partial charge < -0.3 is 13.3 Å². The smallest absolute Gasteiger partial charge is 0.373 e. The van der Waals surface area contributed by atoms with Gasteiger partial charge in [-0.15, -0.1) is 5.10 Å². The Morgan fingerprint density at radius 1 is 1.06 bits per heavy atom. The summed E-state index contributed by atoms with van der Waals surface area (Å²) in [7, 11) is -2.64. The van der Waals surface area contributed by atoms with E-state index in [0.717, 1.165) is 0 Å². The molecule has 0 aliphatic rings. The average molecular weight is 245 g/mol. The van der Waals surface area contributed by atoms with E-state index in [4.69, 9.17) is 13.3 Å². The number of rotatable bonds is 8. The SMILES string of the molecule is CCO[Si](Cn1ccnn1)(OCC)OCC. The summed E-state index contributed by atoms with van der Waals surface area (Å²) >= 11 is 0. The zero-order valence-electron chi connectivity index (χ0n) is 10.0. The lowest BCUT2D eigenvalue weighted by Gasteiger charge is -2.27. The van der Waals surface area contributed by atoms with Crippen LogP contribution in [0.15, 0.2) is 12.4 Å². The molecule has 1 rings (SSSR count). The van der Waals surface area contributed by atoms with Gasteiger partial charge in [-0.05, 0) is 20.8 Å². The summed E-state index contributed by atoms with van der Waals surface area (Å²) < 4.78 is 18.8. The minimum Gasteiger partial charge on any atom is -0.373 e. The third-order valence-electron chi connectivity index (χ3n) is 1.92. The van der Waals surface area contributed by atoms with Crippen LogP contribution in [0.2, 0.25) is 0 Å². The summed E-state index contributed by atoms with van der Waals surface area (Å²) in [6.07, 6.45) is 3.91. The van der Waals surface area contributed by atoms with E-state index in [1.165, 1.54) is 0 Å². The second-order valence-corrected chi connectivity index (χ2v) is 5.63. The lowest BCUT2D eigenvalue weighted by atomic mass is 10.9. The Hall–Kier alpha value is -0.763. The second kappa shape index (κ2) is 6.74. The Morgan fingerprint density at radius 3 is 2.00 bits per heavy atom. The van der Waals surface area contributed by atoms with Crippen molar-refractivity contribution in [1.29, 1.82) is 0 Å². The van der Waals surface area contributed by atoms with Gasteiger partial charge in [-0.1, -0.05) is 5.21 Å². The molecular formula is C9H19N3O3Si. The highest BCUT2D eigenvalue weighted by Crippen LogP contribution is 2.12. The van der Waals surface area contributed by atoms with Crippen molar-refractivity contribution in [2.75, 3.05) is 19.8 Å². The third kappa shape index (κ3) is 3.67. The summed E-state index contributed by atoms with van der Waals surface area (Å²) in [5.74, 6) is 0. The average Bonchev–Trinajstić information content (AvgIpc) is 2.71. The van der Waals surface area contributed by atoms with Crippen LogP contribution in [0.4, 0.5) is 0 Å². The molecule has 1 heterocycles. The largest absolute Gasteiger partial charge is 0.523 e. The molecule has 0 fully saturated rings. The molecule has 0 aliphatic heterocycles. The second-order valence-electron chi connectivity index (χ2n) is 3.08. The number of hydrogen-bond acceptors (Lipinski definition) is 5. The molecule has 0 N–H and O–H groups in total. The van der Waals surface area contributed by atoms with Crippen molar-refractivity contribution >= 4 is 8.80 Å². The van der Waals surface area contributed by atoms with Crippen LogP contribution in [0.1, 0.15) is 20.8 Å². The minimum atomic E-state index is -2.64. The predicted molar refractivity (Wildman–Crippen MR) is 60.7 cm³/mol. The topological polar surface area (TPSA) is 58.4 Å². The Labute approximate surface area is 96.9 Å². The first kappa shape index (κ1) is 13.3. The van der Waals surface area contributed by atoms with Crippen molar-refractivity contribution in [3.63, 3.8) is 0 Å². The molecule has 1 aromatic heterocycles. The normalized spacial score (nSPS) is 11.9. The van der Waals surface area contributed by atoms with E-state index in [2.05, 4.69) is 10.3 Å². The predicted octanol–water partition coefficient (Wildman–Crippen LogP) is 0.866. The fourth-order valence-electron chi connectivity index (χ4n) is 1.44. The van der Waals surface area contributed by atoms with Gasteiger partial charge in [0.25, 0.3) is 0 Å². The standard InChI is InChI=1S/C9H19N3O3Si/c1-4-13-16(14-5-2,15-6-3)9-12-8-7-10-11-12/h7-8H,4-6,9H2,1-3H3. The van der Waals surface area contributed by atoms with Gasteiger partial charge in [0.1, 0.15) is 6.17 Å². The van der Waals surface area contributed by atoms with Crippen LogP contribution in [0.25, 0.3) is 0 Å². The van der Waals surface area contributed by atoms with Crippen molar-refractivity contribution in [2.24, 2.45) is 0 Å². The summed E-state index contributed by atoms with van der Waals surface area (Å²) in [4.78, 5) is 0. The van der Waals surface area contributed by atoms with Gasteiger partial charge in [-0.25, -0.2) is 4.68 Å². The van der Waals surface area contributed by atoms with E-state index in [-0.39, 0.29) is 0 Å². The van der Waals surface area contributed by atoms with Crippen LogP contribution in [0.3, 0.4) is 0 Å². The molecule has 92 valence electrons. The van der Waals surface area contributed by atoms with Crippen LogP contribution in [-0.4, -0.2) is 43.6 Å². The van der Waals surface area contributed by atoms with Crippen LogP contribution in [-0.2, 0) is 19.4 Å². The Bertz CT molecular complexity index is 265. The van der Waals surface area contributed by atoms with Crippen LogP contribution >= 0.6 is 0 Å². The van der Waals surface area contributed by atoms with Gasteiger partial charge >= 0.3 is 8.80 Å². The lowest BCUT2D eigenvalue weighted by molar-refractivity contribution is 0.0637. The molecule has 16 heavy (non-hydrogen) atoms. The van der Waals surface area contributed by atoms with E-state index < -0.39 is 8.80 Å². The molecular weight excluding hydrogens is 226 g/mol. The molecule has 0 bridgehead atoms. The maximum absolute atomic E-state index is 5.69. The minimum absolute atomic E-state index is 0.503. The quantitative estimate of drug-likeness (QED) is 0.636. The highest BCUT2D eigenvalue weighted by Gasteiger charge is 2.41. The van der Waals surface area contributed by atoms with Crippen molar-refractivity contribution < 1.29 is 13.3 Å². The van der Waals surface area contributed by atoms with Crippen molar-refractivity contribution in [3.05, 3.63) is 12.4 Å². The van der Waals surface area contributed by atoms with Gasteiger partial charge in [0.05, 0.1) is 6.20 Å². The van der Waals surface area contributed by atoms with E-state index in [1.807, 2.05) is 20.8 Å². The number of hydrogen-bond donors (Lipinski definition) is 0. The zero-order chi connectivity index (χ0) is 11.9. The molecule has 1 aromatic rings. The summed E-state index contributed by atoms with van der Waals surface area (Å²) in [6.45, 7) is 7.51. The van der Waals surface area contributed by atoms with E-state index in [1.54, 1.807) is 17.1 Å². The molecule has 0 saturated heterocycles. The van der Waals surface area contributed by atoms with Gasteiger partial charge in [-0.2, -0.15) is 0 Å². The lowest BCUT2D eigenvalue weighted by Crippen LogP contribution is -2.50. The van der Waals surface area contributed by atoms with Crippen LogP contribution < -0.4 is 0 Å². The van der Waals surface area contributed by atoms with Crippen LogP contribution in [0, 0.1) is 0 Å². The van der Waals surface area contributed by atoms with E-state index in [0.29, 0.717) is 26.0 Å². The van der Waals surface area contributed by atoms with Crippen molar-refractivity contribution in [1.82, 2.24) is 15.0 Å². The third-order valence-corrected chi connectivity index (χ3v) is 4.82. The first-order chi connectivity index (χ1) is 7.76. The van der Waals surface area contributed by atoms with Crippen molar-refractivity contribution in [3.8, 4) is 0 Å². The number of nitrogens with zero attached hydrogens (tertiary/aromatic N) is 3. The molecule has 0 aromatic carbocycles. The fraction of sp³-hybridized carbons (Fsp3) is 0.778. The van der Waals surface area contributed by atoms with E-state index >= 15 is 0 Å². The van der Waals surface area contributed by atoms with Gasteiger partial charge in [-0.3, -0.25) is 0 Å². The van der Waals surface area contributed by atoms with Crippen LogP contribution in [0.5, 0.6) is 0 Å². The molecule has 0 radical (unpaired) electrons. The first-order valence-corrected chi connectivity index (χ1v) is 7.45. The molecule has 0 saturated carbocycles. The van der Waals surface area contributed by atoms with Crippen molar-refractivity contribution in [2.45, 2.75) is 26.9 Å². The van der Waals surface area contributed by atoms with Gasteiger partial charge in [0.2, 0.25) is 0 Å². The van der Waals surface area contributed by atoms with E-state index in [9.17, 15) is 0 Å². The summed E-state index contributed by atoms with van der Waals surface area (Å²) in [5.41, 5.74) is 0. The summed E-state index contributed by atoms with van der Waals surface area (Å²) in [6, 6.07) is 0. The Balaban J connectivity index is 2.73. The molecule has 0 unspecified atom stereocenters. The Kier molecular flexibility index (Phi) is 5.60.